The van der Waals surface area contributed by atoms with Crippen LogP contribution in [0.15, 0.2) is 36.4 Å². The number of hydrogen-bond acceptors (Lipinski definition) is 7. The third-order valence-corrected chi connectivity index (χ3v) is 4.27. The average Bonchev–Trinajstić information content (AvgIpc) is 2.69. The molecule has 0 heterocycles. The van der Waals surface area contributed by atoms with Gasteiger partial charge in [0.1, 0.15) is 23.1 Å². The van der Waals surface area contributed by atoms with Crippen LogP contribution in [0.1, 0.15) is 35.2 Å². The van der Waals surface area contributed by atoms with Gasteiger partial charge in [-0.2, -0.15) is 0 Å². The van der Waals surface area contributed by atoms with E-state index in [0.717, 1.165) is 12.8 Å². The minimum atomic E-state index is -1.19. The lowest BCUT2D eigenvalue weighted by Gasteiger charge is -2.09. The van der Waals surface area contributed by atoms with E-state index < -0.39 is 18.0 Å². The number of halogens is 1. The highest BCUT2D eigenvalue weighted by Crippen LogP contribution is 2.25. The number of carboxylic acid groups (broad SMARTS) is 2. The number of benzene rings is 2. The first-order valence-electron chi connectivity index (χ1n) is 9.11. The van der Waals surface area contributed by atoms with Crippen LogP contribution in [0.3, 0.4) is 0 Å². The fraction of sp³-hybridized carbons (Fsp3) is 0.300. The number of anilines is 1. The summed E-state index contributed by atoms with van der Waals surface area (Å²) in [5.74, 6) is -2.34. The van der Waals surface area contributed by atoms with Crippen LogP contribution in [0.5, 0.6) is 11.5 Å². The number of carboxylic acids is 2. The van der Waals surface area contributed by atoms with Crippen LogP contribution in [0.4, 0.5) is 5.69 Å². The molecule has 0 aliphatic heterocycles. The van der Waals surface area contributed by atoms with E-state index in [2.05, 4.69) is 5.32 Å². The second-order valence-electron chi connectivity index (χ2n) is 6.39. The molecule has 9 N–H and O–H groups in total. The summed E-state index contributed by atoms with van der Waals surface area (Å²) in [5.41, 5.74) is 11.4. The molecule has 0 amide bonds. The number of aromatic hydroxyl groups is 2. The molecule has 164 valence electrons. The van der Waals surface area contributed by atoms with Gasteiger partial charge in [0, 0.05) is 28.9 Å². The van der Waals surface area contributed by atoms with Crippen molar-refractivity contribution in [3.8, 4) is 11.5 Å². The average molecular weight is 440 g/mol. The van der Waals surface area contributed by atoms with E-state index in [1.807, 2.05) is 0 Å². The number of rotatable bonds is 9. The van der Waals surface area contributed by atoms with Crippen molar-refractivity contribution in [2.75, 3.05) is 11.9 Å². The number of unbranched alkanes of at least 4 members (excludes halogenated alkanes) is 1. The second kappa shape index (κ2) is 12.5. The van der Waals surface area contributed by atoms with Crippen molar-refractivity contribution in [1.82, 2.24) is 0 Å². The first kappa shape index (κ1) is 25.0. The third kappa shape index (κ3) is 8.56. The zero-order valence-corrected chi connectivity index (χ0v) is 17.0. The Kier molecular flexibility index (Phi) is 10.5. The summed E-state index contributed by atoms with van der Waals surface area (Å²) in [6.45, 7) is 0.893. The highest BCUT2D eigenvalue weighted by atomic mass is 35.5. The van der Waals surface area contributed by atoms with Crippen molar-refractivity contribution in [2.24, 2.45) is 11.5 Å². The Balaban J connectivity index is 0.000000382. The van der Waals surface area contributed by atoms with E-state index in [9.17, 15) is 19.8 Å². The molecule has 0 aliphatic carbocycles. The summed E-state index contributed by atoms with van der Waals surface area (Å²) < 4.78 is 0. The second-order valence-corrected chi connectivity index (χ2v) is 6.83. The van der Waals surface area contributed by atoms with Crippen LogP contribution in [-0.4, -0.2) is 45.0 Å². The Morgan fingerprint density at radius 1 is 1.03 bits per heavy atom. The van der Waals surface area contributed by atoms with Gasteiger partial charge in [-0.1, -0.05) is 18.0 Å². The lowest BCUT2D eigenvalue weighted by Crippen LogP contribution is -2.29. The smallest absolute Gasteiger partial charge is 0.339 e. The molecule has 0 saturated carbocycles. The first-order chi connectivity index (χ1) is 14.1. The van der Waals surface area contributed by atoms with Gasteiger partial charge in [-0.15, -0.1) is 0 Å². The molecule has 2 aromatic carbocycles. The van der Waals surface area contributed by atoms with E-state index in [0.29, 0.717) is 29.2 Å². The molecule has 10 heteroatoms. The van der Waals surface area contributed by atoms with Crippen LogP contribution in [0.2, 0.25) is 5.02 Å². The Labute approximate surface area is 178 Å². The Morgan fingerprint density at radius 3 is 2.30 bits per heavy atom. The van der Waals surface area contributed by atoms with E-state index in [1.165, 1.54) is 24.3 Å². The van der Waals surface area contributed by atoms with Crippen molar-refractivity contribution < 1.29 is 30.0 Å². The fourth-order valence-corrected chi connectivity index (χ4v) is 2.54. The highest BCUT2D eigenvalue weighted by Gasteiger charge is 2.10. The maximum Gasteiger partial charge on any atom is 0.339 e. The van der Waals surface area contributed by atoms with Gasteiger partial charge in [-0.05, 0) is 49.7 Å². The van der Waals surface area contributed by atoms with Crippen LogP contribution < -0.4 is 16.8 Å². The van der Waals surface area contributed by atoms with Crippen LogP contribution in [0, 0.1) is 0 Å². The van der Waals surface area contributed by atoms with Crippen LogP contribution in [0.25, 0.3) is 0 Å². The number of phenolic OH excluding ortho intramolecular Hbond substituents is 1. The molecular formula is C20H26ClN3O6. The lowest BCUT2D eigenvalue weighted by molar-refractivity contribution is -0.138. The van der Waals surface area contributed by atoms with Crippen molar-refractivity contribution >= 4 is 29.2 Å². The molecule has 0 spiro atoms. The molecule has 2 rings (SSSR count). The lowest BCUT2D eigenvalue weighted by atomic mass is 10.1. The summed E-state index contributed by atoms with van der Waals surface area (Å²) in [7, 11) is 0. The molecule has 0 radical (unpaired) electrons. The molecule has 1 atom stereocenters. The normalized spacial score (nSPS) is 11.2. The van der Waals surface area contributed by atoms with E-state index in [-0.39, 0.29) is 23.6 Å². The molecule has 1 unspecified atom stereocenters. The Bertz CT molecular complexity index is 862. The molecule has 30 heavy (non-hydrogen) atoms. The number of aliphatic carboxylic acids is 1. The number of nitrogens with two attached hydrogens (primary N) is 2. The first-order valence-corrected chi connectivity index (χ1v) is 9.49. The largest absolute Gasteiger partial charge is 0.508 e. The monoisotopic (exact) mass is 439 g/mol. The molecule has 2 aromatic rings. The van der Waals surface area contributed by atoms with Gasteiger partial charge in [-0.25, -0.2) is 4.79 Å². The number of hydrogen-bond donors (Lipinski definition) is 7. The maximum absolute atomic E-state index is 10.8. The van der Waals surface area contributed by atoms with Crippen molar-refractivity contribution in [3.05, 3.63) is 52.5 Å². The van der Waals surface area contributed by atoms with Crippen LogP contribution >= 0.6 is 11.6 Å². The summed E-state index contributed by atoms with van der Waals surface area (Å²) in [4.78, 5) is 20.9. The quantitative estimate of drug-likeness (QED) is 0.289. The highest BCUT2D eigenvalue weighted by molar-refractivity contribution is 6.30. The molecule has 9 nitrogen and oxygen atoms in total. The zero-order chi connectivity index (χ0) is 22.7. The summed E-state index contributed by atoms with van der Waals surface area (Å²) in [6.07, 6.45) is 2.16. The minimum Gasteiger partial charge on any atom is -0.508 e. The molecule has 0 aromatic heterocycles. The zero-order valence-electron chi connectivity index (χ0n) is 16.2. The maximum atomic E-state index is 10.8. The van der Waals surface area contributed by atoms with Gasteiger partial charge in [-0.3, -0.25) is 4.79 Å². The number of carbonyl (C=O) groups is 2. The number of nitrogens with one attached hydrogen (secondary N) is 1. The Morgan fingerprint density at radius 2 is 1.73 bits per heavy atom. The Hall–Kier alpha value is -3.01. The van der Waals surface area contributed by atoms with Crippen molar-refractivity contribution in [3.63, 3.8) is 0 Å². The topological polar surface area (TPSA) is 179 Å². The predicted molar refractivity (Wildman–Crippen MR) is 114 cm³/mol. The standard InChI is InChI=1S/C14H12ClNO4.C6H14N2O2/c15-9-1-4-12(17)8(5-9)7-16-10-2-3-11(14(19)20)13(18)6-10;7-4-2-1-3-5(8)6(9)10/h1-6,16-18H,7H2,(H,19,20);5H,1-4,7-8H2,(H,9,10). The van der Waals surface area contributed by atoms with E-state index >= 15 is 0 Å². The van der Waals surface area contributed by atoms with Gasteiger partial charge in [0.2, 0.25) is 0 Å². The third-order valence-electron chi connectivity index (χ3n) is 4.04. The van der Waals surface area contributed by atoms with E-state index in [4.69, 9.17) is 33.3 Å². The molecule has 0 fully saturated rings. The summed E-state index contributed by atoms with van der Waals surface area (Å²) >= 11 is 5.84. The van der Waals surface area contributed by atoms with Gasteiger partial charge >= 0.3 is 11.9 Å². The van der Waals surface area contributed by atoms with Gasteiger partial charge < -0.3 is 37.2 Å². The van der Waals surface area contributed by atoms with Gasteiger partial charge in [0.05, 0.1) is 0 Å². The summed E-state index contributed by atoms with van der Waals surface area (Å²) in [5, 5.41) is 39.8. The SMILES string of the molecule is NCCCCC(N)C(=O)O.O=C(O)c1ccc(NCc2cc(Cl)ccc2O)cc1O. The fourth-order valence-electron chi connectivity index (χ4n) is 2.35. The molecule has 0 bridgehead atoms. The number of phenols is 2. The number of aromatic carboxylic acids is 1. The van der Waals surface area contributed by atoms with Crippen LogP contribution in [-0.2, 0) is 11.3 Å². The van der Waals surface area contributed by atoms with E-state index in [1.54, 1.807) is 12.1 Å². The van der Waals surface area contributed by atoms with Crippen molar-refractivity contribution in [1.29, 1.82) is 0 Å². The van der Waals surface area contributed by atoms with Gasteiger partial charge in [0.25, 0.3) is 0 Å². The summed E-state index contributed by atoms with van der Waals surface area (Å²) in [6, 6.07) is 8.12. The predicted octanol–water partition coefficient (Wildman–Crippen LogP) is 2.59. The molecule has 0 aliphatic rings. The minimum absolute atomic E-state index is 0.105. The molecule has 0 saturated heterocycles. The van der Waals surface area contributed by atoms with Crippen molar-refractivity contribution in [2.45, 2.75) is 31.8 Å². The molecular weight excluding hydrogens is 414 g/mol. The van der Waals surface area contributed by atoms with Gasteiger partial charge in [0.15, 0.2) is 0 Å².